The molecule has 6 rings (SSSR count). The predicted octanol–water partition coefficient (Wildman–Crippen LogP) is 9.37. The van der Waals surface area contributed by atoms with Crippen molar-refractivity contribution < 1.29 is 29.0 Å². The number of aromatic amines is 3. The average molecular weight is 847 g/mol. The van der Waals surface area contributed by atoms with E-state index in [-0.39, 0.29) is 24.0 Å². The summed E-state index contributed by atoms with van der Waals surface area (Å²) in [7, 11) is 1.30. The summed E-state index contributed by atoms with van der Waals surface area (Å²) >= 11 is 0. The maximum Gasteiger partial charge on any atom is 0.321 e. The van der Waals surface area contributed by atoms with Crippen LogP contribution < -0.4 is 16.0 Å². The van der Waals surface area contributed by atoms with Gasteiger partial charge in [0.2, 0.25) is 6.29 Å². The van der Waals surface area contributed by atoms with Crippen molar-refractivity contribution in [2.45, 2.75) is 139 Å². The van der Waals surface area contributed by atoms with Gasteiger partial charge >= 0.3 is 11.9 Å². The second-order valence-electron chi connectivity index (χ2n) is 18.3. The van der Waals surface area contributed by atoms with E-state index in [9.17, 15) is 19.5 Å². The lowest BCUT2D eigenvalue weighted by molar-refractivity contribution is -0.161. The van der Waals surface area contributed by atoms with Gasteiger partial charge in [-0.3, -0.25) is 14.4 Å². The molecular formula is C52H70N4O6. The first kappa shape index (κ1) is 46.4. The number of ketones is 1. The zero-order valence-electron chi connectivity index (χ0n) is 38.8. The van der Waals surface area contributed by atoms with E-state index in [0.717, 1.165) is 92.9 Å². The number of carbonyl (C=O) groups excluding carboxylic acids is 3. The van der Waals surface area contributed by atoms with E-state index >= 15 is 0 Å². The highest BCUT2D eigenvalue weighted by Crippen LogP contribution is 2.48. The molecule has 10 nitrogen and oxygen atoms in total. The third kappa shape index (κ3) is 9.60. The van der Waals surface area contributed by atoms with Crippen molar-refractivity contribution in [3.8, 4) is 0 Å². The van der Waals surface area contributed by atoms with Crippen LogP contribution in [0.2, 0.25) is 0 Å². The Labute approximate surface area is 368 Å². The van der Waals surface area contributed by atoms with Crippen LogP contribution in [0.3, 0.4) is 0 Å². The second kappa shape index (κ2) is 20.0. The van der Waals surface area contributed by atoms with Crippen LogP contribution in [-0.2, 0) is 25.5 Å². The molecule has 0 amide bonds. The number of nitrogens with one attached hydrogen (secondary N) is 4. The first-order valence-electron chi connectivity index (χ1n) is 23.0. The fraction of sp³-hybridized carbons (Fsp3) is 0.519. The normalized spacial score (nSPS) is 22.8. The number of hydrogen-bond donors (Lipinski definition) is 5. The van der Waals surface area contributed by atoms with E-state index in [2.05, 4.69) is 87.5 Å². The SMILES string of the molecule is C=Cc1c2[nH]c(c1C)/C=C1\N/C(=C3\c4[nH]c(c(C)c4C(=O)[C@@H]3C(=O)OC)/C=c3\[nH]/c(c(C)c3CC)=C\2)[C@@H](CCC(=O)O[C@@H](O)/C=C(\C)CCC[C@H](C)CCC[C@H](C)CCC)[C@@H]1C. The molecule has 0 spiro atoms. The number of Topliss-reactive ketones (excluding diaryl/α,β-unsaturated/α-hetero) is 1. The third-order valence-corrected chi connectivity index (χ3v) is 13.9. The molecule has 5 heterocycles. The highest BCUT2D eigenvalue weighted by Gasteiger charge is 2.48. The fourth-order valence-corrected chi connectivity index (χ4v) is 10.2. The Hall–Kier alpha value is -5.09. The molecule has 0 saturated carbocycles. The molecule has 62 heavy (non-hydrogen) atoms. The third-order valence-electron chi connectivity index (χ3n) is 13.9. The quantitative estimate of drug-likeness (QED) is 0.0371. The van der Waals surface area contributed by atoms with Crippen LogP contribution >= 0.6 is 0 Å². The summed E-state index contributed by atoms with van der Waals surface area (Å²) in [5.41, 5.74) is 11.8. The molecule has 8 bridgehead atoms. The van der Waals surface area contributed by atoms with E-state index in [4.69, 9.17) is 9.47 Å². The Morgan fingerprint density at radius 1 is 0.887 bits per heavy atom. The Morgan fingerprint density at radius 2 is 1.56 bits per heavy atom. The van der Waals surface area contributed by atoms with Crippen LogP contribution in [0.5, 0.6) is 0 Å². The number of aliphatic hydroxyl groups is 1. The first-order chi connectivity index (χ1) is 29.6. The molecule has 3 aromatic rings. The van der Waals surface area contributed by atoms with Crippen molar-refractivity contribution in [3.63, 3.8) is 0 Å². The highest BCUT2D eigenvalue weighted by atomic mass is 16.6. The monoisotopic (exact) mass is 847 g/mol. The smallest absolute Gasteiger partial charge is 0.321 e. The van der Waals surface area contributed by atoms with Crippen molar-refractivity contribution in [3.05, 3.63) is 96.5 Å². The van der Waals surface area contributed by atoms with Crippen molar-refractivity contribution in [1.29, 1.82) is 0 Å². The van der Waals surface area contributed by atoms with Crippen LogP contribution in [0.4, 0.5) is 0 Å². The molecule has 3 aliphatic rings. The number of aliphatic hydroxyl groups excluding tert-OH is 1. The molecule has 3 aromatic heterocycles. The van der Waals surface area contributed by atoms with Gasteiger partial charge in [-0.15, -0.1) is 0 Å². The number of carbonyl (C=O) groups is 3. The highest BCUT2D eigenvalue weighted by molar-refractivity contribution is 6.24. The molecular weight excluding hydrogens is 777 g/mol. The molecule has 1 aliphatic carbocycles. The van der Waals surface area contributed by atoms with Gasteiger partial charge in [-0.1, -0.05) is 91.4 Å². The van der Waals surface area contributed by atoms with Gasteiger partial charge in [0, 0.05) is 74.1 Å². The number of ether oxygens (including phenoxy) is 2. The molecule has 5 N–H and O–H groups in total. The number of aromatic nitrogens is 3. The lowest BCUT2D eigenvalue weighted by Crippen LogP contribution is -2.25. The molecule has 10 heteroatoms. The minimum absolute atomic E-state index is 0.0148. The number of methoxy groups -OCH3 is 1. The largest absolute Gasteiger partial charge is 0.468 e. The van der Waals surface area contributed by atoms with E-state index in [1.54, 1.807) is 6.08 Å². The van der Waals surface area contributed by atoms with Crippen LogP contribution in [0.15, 0.2) is 29.6 Å². The van der Waals surface area contributed by atoms with E-state index < -0.39 is 24.1 Å². The average Bonchev–Trinajstić information content (AvgIpc) is 3.97. The number of rotatable bonds is 18. The molecule has 1 saturated heterocycles. The maximum atomic E-state index is 14.4. The van der Waals surface area contributed by atoms with Crippen molar-refractivity contribution >= 4 is 47.6 Å². The van der Waals surface area contributed by atoms with Crippen molar-refractivity contribution in [2.75, 3.05) is 7.11 Å². The summed E-state index contributed by atoms with van der Waals surface area (Å²) in [5, 5.41) is 16.4. The van der Waals surface area contributed by atoms with Gasteiger partial charge in [-0.2, -0.15) is 0 Å². The Balaban J connectivity index is 1.30. The van der Waals surface area contributed by atoms with Gasteiger partial charge in [-0.25, -0.2) is 0 Å². The van der Waals surface area contributed by atoms with E-state index in [1.165, 1.54) is 44.8 Å². The summed E-state index contributed by atoms with van der Waals surface area (Å²) in [6.45, 7) is 23.3. The fourth-order valence-electron chi connectivity index (χ4n) is 10.2. The number of hydrogen-bond acceptors (Lipinski definition) is 7. The van der Waals surface area contributed by atoms with Gasteiger partial charge in [0.05, 0.1) is 12.8 Å². The second-order valence-corrected chi connectivity index (χ2v) is 18.3. The summed E-state index contributed by atoms with van der Waals surface area (Å²) in [6, 6.07) is 0. The van der Waals surface area contributed by atoms with Gasteiger partial charge in [0.1, 0.15) is 5.92 Å². The van der Waals surface area contributed by atoms with Crippen LogP contribution in [0.1, 0.15) is 167 Å². The summed E-state index contributed by atoms with van der Waals surface area (Å²) < 4.78 is 10.8. The van der Waals surface area contributed by atoms with Crippen LogP contribution in [0, 0.1) is 50.4 Å². The number of esters is 2. The Kier molecular flexibility index (Phi) is 14.9. The zero-order chi connectivity index (χ0) is 45.0. The van der Waals surface area contributed by atoms with Gasteiger partial charge in [0.15, 0.2) is 5.78 Å². The molecule has 2 aliphatic heterocycles. The minimum Gasteiger partial charge on any atom is -0.468 e. The summed E-state index contributed by atoms with van der Waals surface area (Å²) in [5.74, 6) is -1.69. The lowest BCUT2D eigenvalue weighted by Gasteiger charge is -2.20. The zero-order valence-corrected chi connectivity index (χ0v) is 38.8. The van der Waals surface area contributed by atoms with Crippen molar-refractivity contribution in [1.82, 2.24) is 20.3 Å². The van der Waals surface area contributed by atoms with Gasteiger partial charge < -0.3 is 34.8 Å². The van der Waals surface area contributed by atoms with E-state index in [0.29, 0.717) is 34.9 Å². The number of H-pyrrole nitrogens is 3. The van der Waals surface area contributed by atoms with Gasteiger partial charge in [0.25, 0.3) is 0 Å². The molecule has 0 aromatic carbocycles. The maximum absolute atomic E-state index is 14.4. The molecule has 0 unspecified atom stereocenters. The lowest BCUT2D eigenvalue weighted by atomic mass is 9.85. The Morgan fingerprint density at radius 3 is 2.24 bits per heavy atom. The Bertz CT molecular complexity index is 2420. The standard InChI is InChI=1S/C52H70N4O6/c1-12-17-28(4)18-15-19-29(5)20-16-21-30(6)24-45(58)62-44(57)23-22-37-33(9)40-25-38-31(7)35(13-2)42(53-38)26-39-32(8)36(14-3)43(54-39)27-41-34(10)46-50(56-41)47(49(37)55-40)48(51(46)59)52(60)61-11/h13,24-29,33,37,45,48,53-56,58H,2,12,14-23H2,1,3-11H3/b30-24+,39-26-,40-25-,43-27-,49-47-/t28-,29-,33+,37+,45-,48-/m1/s1. The molecule has 0 radical (unpaired) electrons. The minimum atomic E-state index is -1.35. The number of allylic oxidation sites excluding steroid dienone is 3. The predicted molar refractivity (Wildman–Crippen MR) is 249 cm³/mol. The molecule has 1 fully saturated rings. The summed E-state index contributed by atoms with van der Waals surface area (Å²) in [6.07, 6.45) is 18.9. The summed E-state index contributed by atoms with van der Waals surface area (Å²) in [4.78, 5) is 52.3. The topological polar surface area (TPSA) is 149 Å². The molecule has 6 atom stereocenters. The van der Waals surface area contributed by atoms with Crippen LogP contribution in [-0.4, -0.2) is 51.2 Å². The van der Waals surface area contributed by atoms with Crippen molar-refractivity contribution in [2.24, 2.45) is 29.6 Å². The van der Waals surface area contributed by atoms with Gasteiger partial charge in [-0.05, 0) is 112 Å². The van der Waals surface area contributed by atoms with E-state index in [1.807, 2.05) is 26.0 Å². The van der Waals surface area contributed by atoms with Crippen LogP contribution in [0.25, 0.3) is 29.9 Å². The number of fused-ring (bicyclic) bond motifs is 7. The first-order valence-corrected chi connectivity index (χ1v) is 23.0. The molecule has 334 valence electrons.